The lowest BCUT2D eigenvalue weighted by Gasteiger charge is -2.31. The summed E-state index contributed by atoms with van der Waals surface area (Å²) in [5.41, 5.74) is 2.53. The van der Waals surface area contributed by atoms with Crippen molar-refractivity contribution < 1.29 is 9.53 Å². The van der Waals surface area contributed by atoms with E-state index in [0.717, 1.165) is 48.8 Å². The van der Waals surface area contributed by atoms with E-state index in [2.05, 4.69) is 26.8 Å². The molecule has 2 aromatic rings. The SMILES string of the molecule is COc1ccc(CNC(=O)c2nc(C)n(C3CCN(C)CC3)c2C)cc1. The third-order valence-electron chi connectivity index (χ3n) is 5.21. The van der Waals surface area contributed by atoms with Crippen LogP contribution in [0.1, 0.15) is 46.5 Å². The summed E-state index contributed by atoms with van der Waals surface area (Å²) in [4.78, 5) is 19.6. The van der Waals surface area contributed by atoms with Crippen LogP contribution in [-0.4, -0.2) is 47.6 Å². The molecule has 1 aliphatic heterocycles. The lowest BCUT2D eigenvalue weighted by molar-refractivity contribution is 0.0945. The number of aromatic nitrogens is 2. The summed E-state index contributed by atoms with van der Waals surface area (Å²) in [6.07, 6.45) is 2.20. The molecule has 1 fully saturated rings. The number of amides is 1. The minimum Gasteiger partial charge on any atom is -0.497 e. The highest BCUT2D eigenvalue weighted by molar-refractivity contribution is 5.93. The Morgan fingerprint density at radius 2 is 1.88 bits per heavy atom. The number of imidazole rings is 1. The highest BCUT2D eigenvalue weighted by Crippen LogP contribution is 2.26. The van der Waals surface area contributed by atoms with Crippen molar-refractivity contribution >= 4 is 5.91 Å². The molecule has 1 saturated heterocycles. The van der Waals surface area contributed by atoms with Gasteiger partial charge in [0.1, 0.15) is 17.3 Å². The largest absolute Gasteiger partial charge is 0.497 e. The molecule has 0 unspecified atom stereocenters. The van der Waals surface area contributed by atoms with Crippen LogP contribution in [0.2, 0.25) is 0 Å². The van der Waals surface area contributed by atoms with Gasteiger partial charge in [-0.2, -0.15) is 0 Å². The average Bonchev–Trinajstić information content (AvgIpc) is 2.95. The molecule has 140 valence electrons. The number of rotatable bonds is 5. The van der Waals surface area contributed by atoms with Crippen LogP contribution < -0.4 is 10.1 Å². The van der Waals surface area contributed by atoms with E-state index in [1.807, 2.05) is 38.1 Å². The van der Waals surface area contributed by atoms with E-state index in [1.165, 1.54) is 0 Å². The zero-order valence-electron chi connectivity index (χ0n) is 16.1. The van der Waals surface area contributed by atoms with Gasteiger partial charge >= 0.3 is 0 Å². The van der Waals surface area contributed by atoms with Crippen LogP contribution in [0.25, 0.3) is 0 Å². The van der Waals surface area contributed by atoms with E-state index in [-0.39, 0.29) is 5.91 Å². The van der Waals surface area contributed by atoms with Gasteiger partial charge in [0.25, 0.3) is 5.91 Å². The van der Waals surface area contributed by atoms with Gasteiger partial charge in [-0.3, -0.25) is 4.79 Å². The van der Waals surface area contributed by atoms with Gasteiger partial charge in [-0.25, -0.2) is 4.98 Å². The van der Waals surface area contributed by atoms with E-state index in [4.69, 9.17) is 4.74 Å². The van der Waals surface area contributed by atoms with Crippen molar-refractivity contribution in [3.8, 4) is 5.75 Å². The standard InChI is InChI=1S/C20H28N4O2/c1-14-19(20(25)21-13-16-5-7-18(26-4)8-6-16)22-15(2)24(14)17-9-11-23(3)12-10-17/h5-8,17H,9-13H2,1-4H3,(H,21,25). The fourth-order valence-corrected chi connectivity index (χ4v) is 3.67. The van der Waals surface area contributed by atoms with Crippen molar-refractivity contribution in [1.82, 2.24) is 19.8 Å². The number of nitrogens with zero attached hydrogens (tertiary/aromatic N) is 3. The highest BCUT2D eigenvalue weighted by Gasteiger charge is 2.25. The van der Waals surface area contributed by atoms with Gasteiger partial charge in [-0.05, 0) is 64.5 Å². The van der Waals surface area contributed by atoms with Crippen molar-refractivity contribution in [2.24, 2.45) is 0 Å². The lowest BCUT2D eigenvalue weighted by atomic mass is 10.0. The maximum absolute atomic E-state index is 12.6. The Hall–Kier alpha value is -2.34. The molecule has 0 bridgehead atoms. The molecule has 1 amide bonds. The van der Waals surface area contributed by atoms with Crippen LogP contribution >= 0.6 is 0 Å². The first-order chi connectivity index (χ1) is 12.5. The van der Waals surface area contributed by atoms with E-state index in [1.54, 1.807) is 7.11 Å². The fourth-order valence-electron chi connectivity index (χ4n) is 3.67. The van der Waals surface area contributed by atoms with Crippen LogP contribution in [0.5, 0.6) is 5.75 Å². The second-order valence-electron chi connectivity index (χ2n) is 7.03. The molecule has 1 aromatic heterocycles. The van der Waals surface area contributed by atoms with Gasteiger partial charge < -0.3 is 19.5 Å². The van der Waals surface area contributed by atoms with E-state index in [0.29, 0.717) is 18.3 Å². The minimum absolute atomic E-state index is 0.118. The number of carbonyl (C=O) groups is 1. The van der Waals surface area contributed by atoms with Crippen LogP contribution in [-0.2, 0) is 6.54 Å². The molecule has 26 heavy (non-hydrogen) atoms. The number of benzene rings is 1. The molecule has 0 saturated carbocycles. The minimum atomic E-state index is -0.118. The number of aryl methyl sites for hydroxylation is 1. The summed E-state index contributed by atoms with van der Waals surface area (Å²) < 4.78 is 7.40. The number of hydrogen-bond acceptors (Lipinski definition) is 4. The monoisotopic (exact) mass is 356 g/mol. The molecule has 1 N–H and O–H groups in total. The third kappa shape index (κ3) is 3.90. The van der Waals surface area contributed by atoms with Crippen LogP contribution in [0, 0.1) is 13.8 Å². The smallest absolute Gasteiger partial charge is 0.272 e. The Morgan fingerprint density at radius 3 is 2.50 bits per heavy atom. The molecular weight excluding hydrogens is 328 g/mol. The second kappa shape index (κ2) is 7.91. The van der Waals surface area contributed by atoms with E-state index in [9.17, 15) is 4.79 Å². The molecule has 0 atom stereocenters. The van der Waals surface area contributed by atoms with Gasteiger partial charge in [0.2, 0.25) is 0 Å². The Morgan fingerprint density at radius 1 is 1.23 bits per heavy atom. The predicted molar refractivity (Wildman–Crippen MR) is 102 cm³/mol. The highest BCUT2D eigenvalue weighted by atomic mass is 16.5. The first-order valence-electron chi connectivity index (χ1n) is 9.14. The topological polar surface area (TPSA) is 59.4 Å². The molecule has 0 spiro atoms. The van der Waals surface area contributed by atoms with Crippen molar-refractivity contribution in [2.45, 2.75) is 39.3 Å². The molecule has 6 heteroatoms. The Balaban J connectivity index is 1.68. The molecule has 0 radical (unpaired) electrons. The van der Waals surface area contributed by atoms with Gasteiger partial charge in [0.05, 0.1) is 7.11 Å². The zero-order valence-corrected chi connectivity index (χ0v) is 16.1. The Bertz CT molecular complexity index is 759. The molecular formula is C20H28N4O2. The lowest BCUT2D eigenvalue weighted by Crippen LogP contribution is -2.32. The van der Waals surface area contributed by atoms with Crippen LogP contribution in [0.3, 0.4) is 0 Å². The van der Waals surface area contributed by atoms with Gasteiger partial charge in [-0.15, -0.1) is 0 Å². The summed E-state index contributed by atoms with van der Waals surface area (Å²) >= 11 is 0. The number of piperidine rings is 1. The summed E-state index contributed by atoms with van der Waals surface area (Å²) in [5, 5.41) is 2.98. The Kier molecular flexibility index (Phi) is 5.61. The van der Waals surface area contributed by atoms with Gasteiger partial charge in [0, 0.05) is 18.3 Å². The third-order valence-corrected chi connectivity index (χ3v) is 5.21. The van der Waals surface area contributed by atoms with Crippen molar-refractivity contribution in [3.63, 3.8) is 0 Å². The Labute approximate surface area is 155 Å². The van der Waals surface area contributed by atoms with Crippen LogP contribution in [0.15, 0.2) is 24.3 Å². The maximum atomic E-state index is 12.6. The number of carbonyl (C=O) groups excluding carboxylic acids is 1. The van der Waals surface area contributed by atoms with Crippen molar-refractivity contribution in [3.05, 3.63) is 47.0 Å². The van der Waals surface area contributed by atoms with Gasteiger partial charge in [-0.1, -0.05) is 12.1 Å². The number of nitrogens with one attached hydrogen (secondary N) is 1. The summed E-state index contributed by atoms with van der Waals surface area (Å²) in [5.74, 6) is 1.61. The molecule has 0 aliphatic carbocycles. The van der Waals surface area contributed by atoms with Gasteiger partial charge in [0.15, 0.2) is 0 Å². The average molecular weight is 356 g/mol. The number of likely N-dealkylation sites (tertiary alicyclic amines) is 1. The predicted octanol–water partition coefficient (Wildman–Crippen LogP) is 2.71. The first kappa shape index (κ1) is 18.5. The zero-order chi connectivity index (χ0) is 18.7. The van der Waals surface area contributed by atoms with E-state index < -0.39 is 0 Å². The quantitative estimate of drug-likeness (QED) is 0.895. The van der Waals surface area contributed by atoms with Crippen molar-refractivity contribution in [1.29, 1.82) is 0 Å². The molecule has 1 aromatic carbocycles. The fraction of sp³-hybridized carbons (Fsp3) is 0.500. The maximum Gasteiger partial charge on any atom is 0.272 e. The summed E-state index contributed by atoms with van der Waals surface area (Å²) in [6.45, 7) is 6.63. The molecule has 6 nitrogen and oxygen atoms in total. The second-order valence-corrected chi connectivity index (χ2v) is 7.03. The molecule has 2 heterocycles. The number of ether oxygens (including phenoxy) is 1. The first-order valence-corrected chi connectivity index (χ1v) is 9.14. The number of hydrogen-bond donors (Lipinski definition) is 1. The van der Waals surface area contributed by atoms with Crippen LogP contribution in [0.4, 0.5) is 0 Å². The number of methoxy groups -OCH3 is 1. The summed E-state index contributed by atoms with van der Waals surface area (Å²) in [6, 6.07) is 8.13. The summed E-state index contributed by atoms with van der Waals surface area (Å²) in [7, 11) is 3.80. The molecule has 3 rings (SSSR count). The van der Waals surface area contributed by atoms with E-state index >= 15 is 0 Å². The van der Waals surface area contributed by atoms with Crippen molar-refractivity contribution in [2.75, 3.05) is 27.2 Å². The molecule has 1 aliphatic rings. The normalized spacial score (nSPS) is 15.8.